The van der Waals surface area contributed by atoms with Gasteiger partial charge in [-0.2, -0.15) is 5.10 Å². The zero-order chi connectivity index (χ0) is 23.5. The fourth-order valence-electron chi connectivity index (χ4n) is 5.37. The van der Waals surface area contributed by atoms with Gasteiger partial charge in [0.25, 0.3) is 0 Å². The van der Waals surface area contributed by atoms with Crippen LogP contribution in [0, 0.1) is 32.6 Å². The molecule has 4 rings (SSSR count). The Balaban J connectivity index is 1.36. The first-order chi connectivity index (χ1) is 15.8. The number of piperidine rings is 1. The lowest BCUT2D eigenvalue weighted by molar-refractivity contribution is -0.121. The summed E-state index contributed by atoms with van der Waals surface area (Å²) in [7, 11) is 0. The zero-order valence-corrected chi connectivity index (χ0v) is 20.7. The van der Waals surface area contributed by atoms with Gasteiger partial charge in [-0.25, -0.2) is 9.50 Å². The average molecular weight is 448 g/mol. The molecule has 0 bridgehead atoms. The maximum absolute atomic E-state index is 12.7. The van der Waals surface area contributed by atoms with E-state index in [0.717, 1.165) is 59.8 Å². The van der Waals surface area contributed by atoms with Crippen LogP contribution in [0.3, 0.4) is 0 Å². The van der Waals surface area contributed by atoms with Gasteiger partial charge in [-0.15, -0.1) is 0 Å². The van der Waals surface area contributed by atoms with Gasteiger partial charge in [-0.1, -0.05) is 38.1 Å². The Morgan fingerprint density at radius 1 is 1.09 bits per heavy atom. The number of amides is 1. The lowest BCUT2D eigenvalue weighted by atomic mass is 9.91. The van der Waals surface area contributed by atoms with Gasteiger partial charge in [-0.05, 0) is 62.1 Å². The average Bonchev–Trinajstić information content (AvgIpc) is 3.12. The molecule has 6 heteroatoms. The summed E-state index contributed by atoms with van der Waals surface area (Å²) < 4.78 is 1.88. The summed E-state index contributed by atoms with van der Waals surface area (Å²) >= 11 is 0. The molecule has 176 valence electrons. The van der Waals surface area contributed by atoms with Crippen LogP contribution in [0.2, 0.25) is 0 Å². The quantitative estimate of drug-likeness (QED) is 0.584. The van der Waals surface area contributed by atoms with Gasteiger partial charge in [0.15, 0.2) is 5.65 Å². The summed E-state index contributed by atoms with van der Waals surface area (Å²) in [4.78, 5) is 19.9. The molecular formula is C27H37N5O. The SMILES string of the molecule is Cc1cc2nc(C)c(CCC(=O)NCc3ccccc3CN3CC(C)CC(C)C3)c(C)n2n1. The molecule has 33 heavy (non-hydrogen) atoms. The monoisotopic (exact) mass is 447 g/mol. The summed E-state index contributed by atoms with van der Waals surface area (Å²) in [6.45, 7) is 14.6. The van der Waals surface area contributed by atoms with Crippen molar-refractivity contribution in [1.82, 2.24) is 24.8 Å². The normalized spacial score (nSPS) is 19.2. The second kappa shape index (κ2) is 10.0. The Labute approximate surface area is 197 Å². The van der Waals surface area contributed by atoms with Crippen molar-refractivity contribution in [3.8, 4) is 0 Å². The number of hydrogen-bond acceptors (Lipinski definition) is 4. The number of nitrogens with one attached hydrogen (secondary N) is 1. The molecule has 1 fully saturated rings. The molecule has 0 saturated carbocycles. The molecule has 1 aliphatic heterocycles. The van der Waals surface area contributed by atoms with Gasteiger partial charge in [0.05, 0.1) is 5.69 Å². The molecule has 2 atom stereocenters. The van der Waals surface area contributed by atoms with E-state index in [-0.39, 0.29) is 5.91 Å². The van der Waals surface area contributed by atoms with Crippen LogP contribution in [0.15, 0.2) is 30.3 Å². The Kier molecular flexibility index (Phi) is 7.13. The van der Waals surface area contributed by atoms with E-state index in [9.17, 15) is 4.79 Å². The number of carbonyl (C=O) groups is 1. The number of carbonyl (C=O) groups excluding carboxylic acids is 1. The number of rotatable bonds is 7. The van der Waals surface area contributed by atoms with Crippen LogP contribution in [0.1, 0.15) is 60.5 Å². The first kappa shape index (κ1) is 23.4. The summed E-state index contributed by atoms with van der Waals surface area (Å²) in [6, 6.07) is 10.5. The van der Waals surface area contributed by atoms with Crippen molar-refractivity contribution in [3.63, 3.8) is 0 Å². The van der Waals surface area contributed by atoms with Crippen LogP contribution in [-0.2, 0) is 24.3 Å². The Hall–Kier alpha value is -2.73. The van der Waals surface area contributed by atoms with E-state index in [0.29, 0.717) is 19.4 Å². The van der Waals surface area contributed by atoms with Crippen LogP contribution in [-0.4, -0.2) is 38.5 Å². The van der Waals surface area contributed by atoms with Crippen molar-refractivity contribution >= 4 is 11.6 Å². The van der Waals surface area contributed by atoms with Gasteiger partial charge in [0.1, 0.15) is 0 Å². The molecule has 1 saturated heterocycles. The Morgan fingerprint density at radius 2 is 1.79 bits per heavy atom. The van der Waals surface area contributed by atoms with Gasteiger partial charge < -0.3 is 5.32 Å². The molecule has 1 amide bonds. The van der Waals surface area contributed by atoms with E-state index >= 15 is 0 Å². The fourth-order valence-corrected chi connectivity index (χ4v) is 5.37. The molecule has 0 aliphatic carbocycles. The molecule has 1 aliphatic rings. The van der Waals surface area contributed by atoms with E-state index in [1.54, 1.807) is 0 Å². The van der Waals surface area contributed by atoms with Crippen molar-refractivity contribution in [1.29, 1.82) is 0 Å². The van der Waals surface area contributed by atoms with Crippen LogP contribution in [0.4, 0.5) is 0 Å². The maximum Gasteiger partial charge on any atom is 0.220 e. The highest BCUT2D eigenvalue weighted by molar-refractivity contribution is 5.76. The third-order valence-corrected chi connectivity index (χ3v) is 6.82. The minimum absolute atomic E-state index is 0.0700. The lowest BCUT2D eigenvalue weighted by Gasteiger charge is -2.35. The van der Waals surface area contributed by atoms with Gasteiger partial charge in [-0.3, -0.25) is 9.69 Å². The van der Waals surface area contributed by atoms with Crippen LogP contribution >= 0.6 is 0 Å². The molecule has 1 aromatic carbocycles. The third kappa shape index (κ3) is 5.61. The van der Waals surface area contributed by atoms with E-state index in [1.165, 1.54) is 17.5 Å². The molecule has 2 aromatic heterocycles. The van der Waals surface area contributed by atoms with Crippen molar-refractivity contribution in [2.75, 3.05) is 13.1 Å². The number of hydrogen-bond donors (Lipinski definition) is 1. The van der Waals surface area contributed by atoms with Crippen molar-refractivity contribution in [2.45, 2.75) is 67.0 Å². The Morgan fingerprint density at radius 3 is 2.52 bits per heavy atom. The number of fused-ring (bicyclic) bond motifs is 1. The van der Waals surface area contributed by atoms with Crippen LogP contribution < -0.4 is 5.32 Å². The van der Waals surface area contributed by atoms with E-state index in [4.69, 9.17) is 0 Å². The summed E-state index contributed by atoms with van der Waals surface area (Å²) in [6.07, 6.45) is 2.42. The lowest BCUT2D eigenvalue weighted by Crippen LogP contribution is -2.38. The van der Waals surface area contributed by atoms with E-state index in [2.05, 4.69) is 65.3 Å². The van der Waals surface area contributed by atoms with Crippen LogP contribution in [0.5, 0.6) is 0 Å². The number of benzene rings is 1. The molecule has 3 aromatic rings. The highest BCUT2D eigenvalue weighted by Gasteiger charge is 2.22. The van der Waals surface area contributed by atoms with Gasteiger partial charge in [0.2, 0.25) is 5.91 Å². The van der Waals surface area contributed by atoms with Gasteiger partial charge >= 0.3 is 0 Å². The van der Waals surface area contributed by atoms with Crippen molar-refractivity contribution in [2.24, 2.45) is 11.8 Å². The minimum Gasteiger partial charge on any atom is -0.352 e. The standard InChI is InChI=1S/C27H37N5O/c1-18-12-19(2)16-31(15-18)17-24-9-7-6-8-23(24)14-28-27(33)11-10-25-21(4)29-26-13-20(3)30-32(26)22(25)5/h6-9,13,18-19H,10-12,14-17H2,1-5H3,(H,28,33). The number of likely N-dealkylation sites (tertiary alicyclic amines) is 1. The largest absolute Gasteiger partial charge is 0.352 e. The predicted molar refractivity (Wildman–Crippen MR) is 132 cm³/mol. The van der Waals surface area contributed by atoms with Crippen molar-refractivity contribution in [3.05, 3.63) is 64.1 Å². The molecule has 3 heterocycles. The fraction of sp³-hybridized carbons (Fsp3) is 0.519. The second-order valence-corrected chi connectivity index (χ2v) is 10.0. The van der Waals surface area contributed by atoms with E-state index in [1.807, 2.05) is 24.4 Å². The predicted octanol–water partition coefficient (Wildman–Crippen LogP) is 4.38. The molecular weight excluding hydrogens is 410 g/mol. The summed E-state index contributed by atoms with van der Waals surface area (Å²) in [5.74, 6) is 1.55. The number of nitrogens with zero attached hydrogens (tertiary/aromatic N) is 4. The zero-order valence-electron chi connectivity index (χ0n) is 20.7. The van der Waals surface area contributed by atoms with E-state index < -0.39 is 0 Å². The second-order valence-electron chi connectivity index (χ2n) is 10.0. The molecule has 2 unspecified atom stereocenters. The smallest absolute Gasteiger partial charge is 0.220 e. The number of aryl methyl sites for hydroxylation is 3. The van der Waals surface area contributed by atoms with Crippen molar-refractivity contribution < 1.29 is 4.79 Å². The topological polar surface area (TPSA) is 62.5 Å². The molecule has 6 nitrogen and oxygen atoms in total. The Bertz CT molecular complexity index is 1120. The first-order valence-corrected chi connectivity index (χ1v) is 12.2. The molecule has 0 radical (unpaired) electrons. The highest BCUT2D eigenvalue weighted by Crippen LogP contribution is 2.23. The summed E-state index contributed by atoms with van der Waals surface area (Å²) in [5, 5.41) is 7.68. The molecule has 1 N–H and O–H groups in total. The molecule has 0 spiro atoms. The highest BCUT2D eigenvalue weighted by atomic mass is 16.1. The maximum atomic E-state index is 12.7. The number of aromatic nitrogens is 3. The van der Waals surface area contributed by atoms with Gasteiger partial charge in [0, 0.05) is 50.1 Å². The first-order valence-electron chi connectivity index (χ1n) is 12.2. The minimum atomic E-state index is 0.0700. The van der Waals surface area contributed by atoms with Crippen LogP contribution in [0.25, 0.3) is 5.65 Å². The third-order valence-electron chi connectivity index (χ3n) is 6.82. The summed E-state index contributed by atoms with van der Waals surface area (Å²) in [5.41, 5.74) is 7.48.